The van der Waals surface area contributed by atoms with Gasteiger partial charge in [-0.05, 0) is 56.5 Å². The van der Waals surface area contributed by atoms with Crippen LogP contribution in [-0.4, -0.2) is 53.2 Å². The van der Waals surface area contributed by atoms with E-state index < -0.39 is 0 Å². The number of hydrogen-bond acceptors (Lipinski definition) is 4. The van der Waals surface area contributed by atoms with Gasteiger partial charge < -0.3 is 10.6 Å². The molecule has 1 saturated heterocycles. The highest BCUT2D eigenvalue weighted by Crippen LogP contribution is 2.12. The van der Waals surface area contributed by atoms with Crippen molar-refractivity contribution in [1.29, 1.82) is 0 Å². The summed E-state index contributed by atoms with van der Waals surface area (Å²) in [6, 6.07) is 8.77. The van der Waals surface area contributed by atoms with Gasteiger partial charge in [-0.1, -0.05) is 35.9 Å². The Hall–Kier alpha value is -2.63. The van der Waals surface area contributed by atoms with Crippen LogP contribution in [0.2, 0.25) is 0 Å². The lowest BCUT2D eigenvalue weighted by Crippen LogP contribution is -2.43. The van der Waals surface area contributed by atoms with Gasteiger partial charge in [0.2, 0.25) is 0 Å². The van der Waals surface area contributed by atoms with E-state index in [1.54, 1.807) is 0 Å². The van der Waals surface area contributed by atoms with Gasteiger partial charge in [-0.3, -0.25) is 10.00 Å². The molecule has 5 heteroatoms. The van der Waals surface area contributed by atoms with Crippen LogP contribution >= 0.6 is 0 Å². The Bertz CT molecular complexity index is 955. The highest BCUT2D eigenvalue weighted by Gasteiger charge is 2.13. The summed E-state index contributed by atoms with van der Waals surface area (Å²) >= 11 is 0. The molecule has 5 nitrogen and oxygen atoms in total. The summed E-state index contributed by atoms with van der Waals surface area (Å²) in [5.74, 6) is 0. The number of piperazine rings is 1. The monoisotopic (exact) mass is 377 g/mol. The third-order valence-corrected chi connectivity index (χ3v) is 5.08. The zero-order chi connectivity index (χ0) is 19.9. The Kier molecular flexibility index (Phi) is 6.85. The fourth-order valence-electron chi connectivity index (χ4n) is 3.52. The van der Waals surface area contributed by atoms with E-state index in [0.717, 1.165) is 49.0 Å². The summed E-state index contributed by atoms with van der Waals surface area (Å²) in [5, 5.41) is 9.68. The maximum atomic E-state index is 5.46. The molecule has 3 rings (SSSR count). The molecule has 1 aromatic heterocycles. The molecule has 0 radical (unpaired) electrons. The highest BCUT2D eigenvalue weighted by molar-refractivity contribution is 5.69. The van der Waals surface area contributed by atoms with Gasteiger partial charge in [-0.25, -0.2) is 0 Å². The van der Waals surface area contributed by atoms with Crippen LogP contribution in [0.4, 0.5) is 0 Å². The number of nitrogens with one attached hydrogen (secondary N) is 1. The number of hydrogen-bond donors (Lipinski definition) is 2. The predicted molar refractivity (Wildman–Crippen MR) is 119 cm³/mol. The molecule has 1 aromatic carbocycles. The van der Waals surface area contributed by atoms with E-state index in [1.165, 1.54) is 22.9 Å². The van der Waals surface area contributed by atoms with E-state index in [0.29, 0.717) is 0 Å². The summed E-state index contributed by atoms with van der Waals surface area (Å²) in [5.41, 5.74) is 10.2. The van der Waals surface area contributed by atoms with Crippen LogP contribution < -0.4 is 16.3 Å². The van der Waals surface area contributed by atoms with Crippen molar-refractivity contribution in [2.75, 3.05) is 33.2 Å². The van der Waals surface area contributed by atoms with Gasteiger partial charge in [-0.2, -0.15) is 5.10 Å². The maximum absolute atomic E-state index is 5.46. The molecule has 2 heterocycles. The quantitative estimate of drug-likeness (QED) is 0.834. The summed E-state index contributed by atoms with van der Waals surface area (Å²) < 4.78 is 0. The Labute approximate surface area is 167 Å². The number of likely N-dealkylation sites (N-methyl/N-ethyl adjacent to an activating group) is 1. The van der Waals surface area contributed by atoms with Crippen molar-refractivity contribution < 1.29 is 0 Å². The van der Waals surface area contributed by atoms with Gasteiger partial charge in [-0.15, -0.1) is 0 Å². The van der Waals surface area contributed by atoms with Crippen molar-refractivity contribution in [3.63, 3.8) is 0 Å². The number of aromatic nitrogens is 2. The molecule has 0 spiro atoms. The van der Waals surface area contributed by atoms with E-state index in [2.05, 4.69) is 77.3 Å². The largest absolute Gasteiger partial charge is 0.405 e. The Morgan fingerprint density at radius 2 is 1.96 bits per heavy atom. The second-order valence-corrected chi connectivity index (χ2v) is 7.61. The normalized spacial score (nSPS) is 17.2. The molecule has 2 aromatic rings. The fourth-order valence-corrected chi connectivity index (χ4v) is 3.52. The molecule has 28 heavy (non-hydrogen) atoms. The van der Waals surface area contributed by atoms with Crippen LogP contribution in [0.5, 0.6) is 0 Å². The van der Waals surface area contributed by atoms with Crippen molar-refractivity contribution in [3.8, 4) is 0 Å². The smallest absolute Gasteiger partial charge is 0.0926 e. The first kappa shape index (κ1) is 20.1. The van der Waals surface area contributed by atoms with Crippen molar-refractivity contribution in [1.82, 2.24) is 20.0 Å². The molecule has 3 N–H and O–H groups in total. The molecule has 1 aliphatic rings. The van der Waals surface area contributed by atoms with Crippen LogP contribution in [0.3, 0.4) is 0 Å². The van der Waals surface area contributed by atoms with Crippen LogP contribution in [0, 0.1) is 0 Å². The summed E-state index contributed by atoms with van der Waals surface area (Å²) in [7, 11) is 2.19. The number of aromatic amines is 1. The lowest BCUT2D eigenvalue weighted by Gasteiger charge is -2.32. The minimum absolute atomic E-state index is 0.946. The SMILES string of the molecule is CC(C)=c1c(/C=C/c2cccc(CN3CCN(C)CC3)c2)n[nH]/c1=C/C=C/N. The van der Waals surface area contributed by atoms with E-state index in [4.69, 9.17) is 5.73 Å². The minimum atomic E-state index is 0.946. The fraction of sp³-hybridized carbons (Fsp3) is 0.348. The van der Waals surface area contributed by atoms with E-state index >= 15 is 0 Å². The third-order valence-electron chi connectivity index (χ3n) is 5.08. The number of nitrogens with zero attached hydrogens (tertiary/aromatic N) is 3. The van der Waals surface area contributed by atoms with Crippen molar-refractivity contribution >= 4 is 23.8 Å². The van der Waals surface area contributed by atoms with Gasteiger partial charge in [0.1, 0.15) is 0 Å². The minimum Gasteiger partial charge on any atom is -0.405 e. The molecule has 1 aliphatic heterocycles. The number of benzene rings is 1. The average Bonchev–Trinajstić information content (AvgIpc) is 3.10. The molecule has 0 amide bonds. The lowest BCUT2D eigenvalue weighted by molar-refractivity contribution is 0.148. The lowest BCUT2D eigenvalue weighted by atomic mass is 10.1. The molecule has 0 aliphatic carbocycles. The Morgan fingerprint density at radius 1 is 1.18 bits per heavy atom. The zero-order valence-electron chi connectivity index (χ0n) is 17.2. The number of allylic oxidation sites excluding steroid dienone is 1. The van der Waals surface area contributed by atoms with E-state index in [9.17, 15) is 0 Å². The topological polar surface area (TPSA) is 61.2 Å². The van der Waals surface area contributed by atoms with Crippen LogP contribution in [-0.2, 0) is 6.54 Å². The van der Waals surface area contributed by atoms with Crippen LogP contribution in [0.25, 0.3) is 23.8 Å². The molecular weight excluding hydrogens is 346 g/mol. The molecule has 0 bridgehead atoms. The van der Waals surface area contributed by atoms with Crippen molar-refractivity contribution in [2.24, 2.45) is 5.73 Å². The first-order valence-corrected chi connectivity index (χ1v) is 9.85. The molecule has 1 fully saturated rings. The second-order valence-electron chi connectivity index (χ2n) is 7.61. The van der Waals surface area contributed by atoms with Gasteiger partial charge in [0.15, 0.2) is 0 Å². The number of H-pyrrole nitrogens is 1. The van der Waals surface area contributed by atoms with Crippen LogP contribution in [0.15, 0.2) is 36.5 Å². The van der Waals surface area contributed by atoms with Gasteiger partial charge in [0, 0.05) is 37.9 Å². The maximum Gasteiger partial charge on any atom is 0.0926 e. The number of rotatable bonds is 5. The molecule has 0 unspecified atom stereocenters. The zero-order valence-corrected chi connectivity index (χ0v) is 17.2. The van der Waals surface area contributed by atoms with Gasteiger partial charge >= 0.3 is 0 Å². The van der Waals surface area contributed by atoms with Crippen molar-refractivity contribution in [3.05, 3.63) is 63.9 Å². The standard InChI is InChI=1S/C23H31N5/c1-18(2)23-21(8-5-11-24)25-26-22(23)10-9-19-6-4-7-20(16-19)17-28-14-12-27(3)13-15-28/h4-11,16,25H,12-15,17,24H2,1-3H3/b10-9+,11-5+,21-8+. The summed E-state index contributed by atoms with van der Waals surface area (Å²) in [6.07, 6.45) is 9.51. The Morgan fingerprint density at radius 3 is 2.68 bits per heavy atom. The van der Waals surface area contributed by atoms with E-state index in [1.807, 2.05) is 12.2 Å². The molecule has 0 atom stereocenters. The summed E-state index contributed by atoms with van der Waals surface area (Å²) in [4.78, 5) is 4.91. The van der Waals surface area contributed by atoms with Gasteiger partial charge in [0.05, 0.1) is 11.0 Å². The predicted octanol–water partition coefficient (Wildman–Crippen LogP) is 1.77. The summed E-state index contributed by atoms with van der Waals surface area (Å²) in [6.45, 7) is 9.77. The highest BCUT2D eigenvalue weighted by atomic mass is 15.2. The van der Waals surface area contributed by atoms with Crippen molar-refractivity contribution in [2.45, 2.75) is 20.4 Å². The first-order chi connectivity index (χ1) is 13.6. The molecular formula is C23H31N5. The van der Waals surface area contributed by atoms with E-state index in [-0.39, 0.29) is 0 Å². The molecule has 0 saturated carbocycles. The Balaban J connectivity index is 1.78. The average molecular weight is 378 g/mol. The first-order valence-electron chi connectivity index (χ1n) is 9.85. The molecule has 148 valence electrons. The number of nitrogens with two attached hydrogens (primary N) is 1. The van der Waals surface area contributed by atoms with Crippen LogP contribution in [0.1, 0.15) is 30.7 Å². The second kappa shape index (κ2) is 9.53. The third kappa shape index (κ3) is 5.21. The van der Waals surface area contributed by atoms with Gasteiger partial charge in [0.25, 0.3) is 0 Å².